The summed E-state index contributed by atoms with van der Waals surface area (Å²) < 4.78 is 10.9. The molecule has 2 fully saturated rings. The van der Waals surface area contributed by atoms with Crippen LogP contribution >= 0.6 is 0 Å². The van der Waals surface area contributed by atoms with Crippen LogP contribution in [0.3, 0.4) is 0 Å². The van der Waals surface area contributed by atoms with Crippen LogP contribution in [0.25, 0.3) is 0 Å². The smallest absolute Gasteiger partial charge is 0.104 e. The molecule has 0 bridgehead atoms. The van der Waals surface area contributed by atoms with Gasteiger partial charge in [-0.25, -0.2) is 0 Å². The predicted octanol–water partition coefficient (Wildman–Crippen LogP) is 0.544. The summed E-state index contributed by atoms with van der Waals surface area (Å²) in [5.41, 5.74) is 0. The summed E-state index contributed by atoms with van der Waals surface area (Å²) in [7, 11) is 0. The van der Waals surface area contributed by atoms with Gasteiger partial charge in [-0.1, -0.05) is 0 Å². The fourth-order valence-corrected chi connectivity index (χ4v) is 1.69. The van der Waals surface area contributed by atoms with Crippen LogP contribution in [0.4, 0.5) is 0 Å². The van der Waals surface area contributed by atoms with Crippen LogP contribution in [0.5, 0.6) is 0 Å². The van der Waals surface area contributed by atoms with Gasteiger partial charge < -0.3 is 14.8 Å². The lowest BCUT2D eigenvalue weighted by atomic mass is 10.1. The van der Waals surface area contributed by atoms with Gasteiger partial charge >= 0.3 is 0 Å². The van der Waals surface area contributed by atoms with Crippen LogP contribution in [-0.4, -0.2) is 38.5 Å². The highest BCUT2D eigenvalue weighted by atomic mass is 16.6. The van der Waals surface area contributed by atoms with Crippen LogP contribution in [0.2, 0.25) is 0 Å². The summed E-state index contributed by atoms with van der Waals surface area (Å²) in [5, 5.41) is 3.38. The van der Waals surface area contributed by atoms with Crippen LogP contribution in [0.1, 0.15) is 19.3 Å². The third-order valence-corrected chi connectivity index (χ3v) is 2.52. The number of hydrogen-bond acceptors (Lipinski definition) is 3. The van der Waals surface area contributed by atoms with Crippen molar-refractivity contribution in [2.45, 2.75) is 31.5 Å². The monoisotopic (exact) mass is 171 g/mol. The Bertz CT molecular complexity index is 128. The van der Waals surface area contributed by atoms with Gasteiger partial charge in [0.15, 0.2) is 0 Å². The summed E-state index contributed by atoms with van der Waals surface area (Å²) in [4.78, 5) is 0. The van der Waals surface area contributed by atoms with Crippen LogP contribution in [0, 0.1) is 0 Å². The lowest BCUT2D eigenvalue weighted by Gasteiger charge is -2.30. The highest BCUT2D eigenvalue weighted by Crippen LogP contribution is 2.15. The van der Waals surface area contributed by atoms with E-state index in [9.17, 15) is 0 Å². The molecule has 2 saturated heterocycles. The van der Waals surface area contributed by atoms with E-state index in [1.807, 2.05) is 0 Å². The third kappa shape index (κ3) is 2.19. The molecule has 0 aromatic rings. The van der Waals surface area contributed by atoms with E-state index in [2.05, 4.69) is 5.32 Å². The Labute approximate surface area is 73.4 Å². The number of rotatable bonds is 2. The SMILES string of the molecule is C1CNCCC(OC2COC2)C1. The molecule has 3 nitrogen and oxygen atoms in total. The van der Waals surface area contributed by atoms with E-state index >= 15 is 0 Å². The average Bonchev–Trinajstić information content (AvgIpc) is 2.24. The molecule has 2 rings (SSSR count). The predicted molar refractivity (Wildman–Crippen MR) is 46.2 cm³/mol. The van der Waals surface area contributed by atoms with Gasteiger partial charge in [-0.05, 0) is 32.4 Å². The van der Waals surface area contributed by atoms with E-state index in [0.29, 0.717) is 12.2 Å². The summed E-state index contributed by atoms with van der Waals surface area (Å²) in [5.74, 6) is 0. The largest absolute Gasteiger partial charge is 0.376 e. The van der Waals surface area contributed by atoms with Gasteiger partial charge in [0.05, 0.1) is 19.3 Å². The Morgan fingerprint density at radius 2 is 2.00 bits per heavy atom. The van der Waals surface area contributed by atoms with Crippen molar-refractivity contribution in [1.82, 2.24) is 5.32 Å². The molecule has 0 radical (unpaired) electrons. The van der Waals surface area contributed by atoms with E-state index in [1.54, 1.807) is 0 Å². The molecule has 3 heteroatoms. The van der Waals surface area contributed by atoms with Crippen LogP contribution < -0.4 is 5.32 Å². The fourth-order valence-electron chi connectivity index (χ4n) is 1.69. The number of nitrogens with one attached hydrogen (secondary N) is 1. The Balaban J connectivity index is 1.69. The number of ether oxygens (including phenoxy) is 2. The second-order valence-electron chi connectivity index (χ2n) is 3.60. The van der Waals surface area contributed by atoms with Crippen LogP contribution in [0.15, 0.2) is 0 Å². The Kier molecular flexibility index (Phi) is 2.98. The molecule has 2 heterocycles. The molecule has 0 aromatic carbocycles. The zero-order valence-electron chi connectivity index (χ0n) is 7.42. The van der Waals surface area contributed by atoms with Gasteiger partial charge in [0.2, 0.25) is 0 Å². The van der Waals surface area contributed by atoms with Crippen molar-refractivity contribution in [2.75, 3.05) is 26.3 Å². The van der Waals surface area contributed by atoms with Gasteiger partial charge in [-0.15, -0.1) is 0 Å². The second-order valence-corrected chi connectivity index (χ2v) is 3.60. The molecular weight excluding hydrogens is 154 g/mol. The zero-order valence-corrected chi connectivity index (χ0v) is 7.42. The highest BCUT2D eigenvalue weighted by molar-refractivity contribution is 4.71. The molecule has 2 aliphatic rings. The maximum absolute atomic E-state index is 5.84. The summed E-state index contributed by atoms with van der Waals surface area (Å²) in [6.07, 6.45) is 4.50. The van der Waals surface area contributed by atoms with E-state index < -0.39 is 0 Å². The first kappa shape index (κ1) is 8.48. The van der Waals surface area contributed by atoms with Crippen molar-refractivity contribution >= 4 is 0 Å². The molecule has 0 aromatic heterocycles. The number of hydrogen-bond donors (Lipinski definition) is 1. The molecular formula is C9H17NO2. The first-order chi connectivity index (χ1) is 5.95. The average molecular weight is 171 g/mol. The molecule has 2 aliphatic heterocycles. The van der Waals surface area contributed by atoms with Crippen LogP contribution in [-0.2, 0) is 9.47 Å². The van der Waals surface area contributed by atoms with Crippen molar-refractivity contribution in [1.29, 1.82) is 0 Å². The molecule has 12 heavy (non-hydrogen) atoms. The standard InChI is InChI=1S/C9H17NO2/c1-2-8(3-5-10-4-1)12-9-6-11-7-9/h8-10H,1-7H2. The summed E-state index contributed by atoms with van der Waals surface area (Å²) in [6.45, 7) is 3.88. The van der Waals surface area contributed by atoms with E-state index in [4.69, 9.17) is 9.47 Å². The van der Waals surface area contributed by atoms with Crippen molar-refractivity contribution < 1.29 is 9.47 Å². The first-order valence-corrected chi connectivity index (χ1v) is 4.89. The van der Waals surface area contributed by atoms with Gasteiger partial charge in [0.1, 0.15) is 6.10 Å². The molecule has 70 valence electrons. The molecule has 0 spiro atoms. The van der Waals surface area contributed by atoms with Crippen molar-refractivity contribution in [3.63, 3.8) is 0 Å². The Morgan fingerprint density at radius 1 is 1.08 bits per heavy atom. The maximum atomic E-state index is 5.84. The zero-order chi connectivity index (χ0) is 8.23. The lowest BCUT2D eigenvalue weighted by Crippen LogP contribution is -2.39. The van der Waals surface area contributed by atoms with Crippen molar-refractivity contribution in [3.05, 3.63) is 0 Å². The van der Waals surface area contributed by atoms with E-state index in [1.165, 1.54) is 12.8 Å². The summed E-state index contributed by atoms with van der Waals surface area (Å²) in [6, 6.07) is 0. The lowest BCUT2D eigenvalue weighted by molar-refractivity contribution is -0.156. The van der Waals surface area contributed by atoms with Crippen molar-refractivity contribution in [2.24, 2.45) is 0 Å². The van der Waals surface area contributed by atoms with Gasteiger partial charge in [-0.3, -0.25) is 0 Å². The minimum atomic E-state index is 0.396. The van der Waals surface area contributed by atoms with Gasteiger partial charge in [0, 0.05) is 0 Å². The topological polar surface area (TPSA) is 30.5 Å². The third-order valence-electron chi connectivity index (χ3n) is 2.52. The van der Waals surface area contributed by atoms with Gasteiger partial charge in [-0.2, -0.15) is 0 Å². The Morgan fingerprint density at radius 3 is 2.75 bits per heavy atom. The molecule has 1 unspecified atom stereocenters. The van der Waals surface area contributed by atoms with Gasteiger partial charge in [0.25, 0.3) is 0 Å². The maximum Gasteiger partial charge on any atom is 0.104 e. The van der Waals surface area contributed by atoms with Crippen molar-refractivity contribution in [3.8, 4) is 0 Å². The molecule has 0 amide bonds. The minimum absolute atomic E-state index is 0.396. The second kappa shape index (κ2) is 4.21. The summed E-state index contributed by atoms with van der Waals surface area (Å²) >= 11 is 0. The fraction of sp³-hybridized carbons (Fsp3) is 1.00. The normalized spacial score (nSPS) is 32.5. The van der Waals surface area contributed by atoms with E-state index in [0.717, 1.165) is 32.7 Å². The Hall–Kier alpha value is -0.120. The first-order valence-electron chi connectivity index (χ1n) is 4.89. The molecule has 1 atom stereocenters. The quantitative estimate of drug-likeness (QED) is 0.658. The molecule has 0 aliphatic carbocycles. The molecule has 1 N–H and O–H groups in total. The highest BCUT2D eigenvalue weighted by Gasteiger charge is 2.23. The molecule has 0 saturated carbocycles. The van der Waals surface area contributed by atoms with E-state index in [-0.39, 0.29) is 0 Å². The minimum Gasteiger partial charge on any atom is -0.376 e.